The Morgan fingerprint density at radius 3 is 1.64 bits per heavy atom. The minimum absolute atomic E-state index is 0.188. The molecule has 4 nitrogen and oxygen atoms in total. The molecule has 0 aromatic heterocycles. The van der Waals surface area contributed by atoms with Crippen molar-refractivity contribution in [3.8, 4) is 0 Å². The van der Waals surface area contributed by atoms with Gasteiger partial charge < -0.3 is 13.6 Å². The van der Waals surface area contributed by atoms with Crippen LogP contribution in [0.5, 0.6) is 0 Å². The number of cyclic esters (lactones) is 1. The van der Waals surface area contributed by atoms with Crippen molar-refractivity contribution in [3.05, 3.63) is 72.8 Å². The van der Waals surface area contributed by atoms with Crippen molar-refractivity contribution in [2.45, 2.75) is 116 Å². The Morgan fingerprint density at radius 1 is 0.872 bits per heavy atom. The molecule has 6 heteroatoms. The maximum atomic E-state index is 13.1. The molecule has 0 unspecified atom stereocenters. The predicted molar refractivity (Wildman–Crippen MR) is 168 cm³/mol. The van der Waals surface area contributed by atoms with Crippen molar-refractivity contribution in [2.24, 2.45) is 0 Å². The van der Waals surface area contributed by atoms with E-state index in [4.69, 9.17) is 13.6 Å². The molecular weight excluding hydrogens is 517 g/mol. The van der Waals surface area contributed by atoms with Crippen LogP contribution < -0.4 is 10.4 Å². The first-order valence-corrected chi connectivity index (χ1v) is 18.6. The van der Waals surface area contributed by atoms with E-state index < -0.39 is 22.7 Å². The Bertz CT molecular complexity index is 1040. The molecule has 0 bridgehead atoms. The van der Waals surface area contributed by atoms with Crippen molar-refractivity contribution in [2.75, 3.05) is 0 Å². The first-order chi connectivity index (χ1) is 18.2. The van der Waals surface area contributed by atoms with E-state index in [2.05, 4.69) is 117 Å². The fourth-order valence-corrected chi connectivity index (χ4v) is 17.0. The summed E-state index contributed by atoms with van der Waals surface area (Å²) < 4.78 is 20.1. The van der Waals surface area contributed by atoms with Gasteiger partial charge in [-0.05, 0) is 39.0 Å². The Morgan fingerprint density at radius 2 is 1.31 bits per heavy atom. The van der Waals surface area contributed by atoms with Gasteiger partial charge in [0.1, 0.15) is 6.10 Å². The SMILES string of the molecule is C=C(C)[C@@H](C[C@@H]1OC(=O)[C@H]1O[Si](c1ccccc1)(c1ccccc1)C(C)(C)C)O[Si](C(C)C)(C(C)C)C(C)C. The fourth-order valence-electron chi connectivity index (χ4n) is 6.75. The third kappa shape index (κ3) is 6.04. The second kappa shape index (κ2) is 12.3. The van der Waals surface area contributed by atoms with Gasteiger partial charge in [-0.3, -0.25) is 0 Å². The zero-order valence-corrected chi connectivity index (χ0v) is 27.8. The summed E-state index contributed by atoms with van der Waals surface area (Å²) >= 11 is 0. The van der Waals surface area contributed by atoms with Gasteiger partial charge in [-0.1, -0.05) is 135 Å². The van der Waals surface area contributed by atoms with Gasteiger partial charge in [0.15, 0.2) is 6.10 Å². The molecule has 1 aliphatic rings. The highest BCUT2D eigenvalue weighted by Gasteiger charge is 2.57. The lowest BCUT2D eigenvalue weighted by molar-refractivity contribution is -0.197. The van der Waals surface area contributed by atoms with Crippen LogP contribution in [0, 0.1) is 0 Å². The van der Waals surface area contributed by atoms with Crippen molar-refractivity contribution in [1.29, 1.82) is 0 Å². The molecule has 0 saturated carbocycles. The summed E-state index contributed by atoms with van der Waals surface area (Å²) in [7, 11) is -5.06. The first kappa shape index (κ1) is 31.5. The van der Waals surface area contributed by atoms with Crippen LogP contribution in [0.1, 0.15) is 75.7 Å². The lowest BCUT2D eigenvalue weighted by atomic mass is 9.99. The van der Waals surface area contributed by atoms with Gasteiger partial charge in [0.2, 0.25) is 8.32 Å². The summed E-state index contributed by atoms with van der Waals surface area (Å²) in [5, 5.41) is 2.08. The number of hydrogen-bond donors (Lipinski definition) is 0. The summed E-state index contributed by atoms with van der Waals surface area (Å²) in [4.78, 5) is 13.1. The van der Waals surface area contributed by atoms with E-state index in [1.165, 1.54) is 0 Å². The van der Waals surface area contributed by atoms with Crippen LogP contribution >= 0.6 is 0 Å². The topological polar surface area (TPSA) is 44.8 Å². The number of esters is 1. The van der Waals surface area contributed by atoms with E-state index in [9.17, 15) is 4.79 Å². The van der Waals surface area contributed by atoms with Crippen LogP contribution in [0.3, 0.4) is 0 Å². The van der Waals surface area contributed by atoms with Crippen molar-refractivity contribution in [1.82, 2.24) is 0 Å². The molecule has 214 valence electrons. The molecule has 0 spiro atoms. The Labute approximate surface area is 239 Å². The van der Waals surface area contributed by atoms with E-state index in [0.29, 0.717) is 23.0 Å². The largest absolute Gasteiger partial charge is 0.457 e. The van der Waals surface area contributed by atoms with E-state index in [-0.39, 0.29) is 23.2 Å². The number of carbonyl (C=O) groups excluding carboxylic acids is 1. The predicted octanol–water partition coefficient (Wildman–Crippen LogP) is 7.38. The third-order valence-electron chi connectivity index (χ3n) is 8.61. The number of hydrogen-bond acceptors (Lipinski definition) is 4. The second-order valence-corrected chi connectivity index (χ2v) is 22.8. The van der Waals surface area contributed by atoms with Crippen LogP contribution in [-0.2, 0) is 18.4 Å². The summed E-state index contributed by atoms with van der Waals surface area (Å²) in [6.07, 6.45) is -0.647. The van der Waals surface area contributed by atoms with Crippen LogP contribution in [0.2, 0.25) is 21.7 Å². The van der Waals surface area contributed by atoms with E-state index in [1.54, 1.807) is 0 Å². The summed E-state index contributed by atoms with van der Waals surface area (Å²) in [6, 6.07) is 20.9. The van der Waals surface area contributed by atoms with Gasteiger partial charge in [-0.2, -0.15) is 0 Å². The second-order valence-electron chi connectivity index (χ2n) is 13.2. The van der Waals surface area contributed by atoms with Gasteiger partial charge in [0.25, 0.3) is 8.32 Å². The lowest BCUT2D eigenvalue weighted by Crippen LogP contribution is -2.71. The van der Waals surface area contributed by atoms with Crippen molar-refractivity contribution >= 4 is 33.0 Å². The molecule has 3 atom stereocenters. The number of benzene rings is 2. The summed E-state index contributed by atoms with van der Waals surface area (Å²) in [5.74, 6) is -0.284. The van der Waals surface area contributed by atoms with Crippen molar-refractivity contribution < 1.29 is 18.4 Å². The van der Waals surface area contributed by atoms with Gasteiger partial charge in [-0.25, -0.2) is 4.79 Å². The highest BCUT2D eigenvalue weighted by atomic mass is 28.4. The number of rotatable bonds is 12. The maximum absolute atomic E-state index is 13.1. The Kier molecular flexibility index (Phi) is 9.91. The van der Waals surface area contributed by atoms with Crippen molar-refractivity contribution in [3.63, 3.8) is 0 Å². The minimum Gasteiger partial charge on any atom is -0.457 e. The van der Waals surface area contributed by atoms with E-state index in [0.717, 1.165) is 15.9 Å². The molecule has 3 rings (SSSR count). The summed E-state index contributed by atoms with van der Waals surface area (Å²) in [6.45, 7) is 26.8. The highest BCUT2D eigenvalue weighted by molar-refractivity contribution is 6.99. The smallest absolute Gasteiger partial charge is 0.338 e. The molecule has 1 aliphatic heterocycles. The Balaban J connectivity index is 2.01. The number of ether oxygens (including phenoxy) is 1. The fraction of sp³-hybridized carbons (Fsp3) is 0.545. The van der Waals surface area contributed by atoms with E-state index in [1.807, 2.05) is 19.1 Å². The molecular formula is C33H50O4Si2. The summed E-state index contributed by atoms with van der Waals surface area (Å²) in [5.41, 5.74) is 2.33. The maximum Gasteiger partial charge on any atom is 0.338 e. The van der Waals surface area contributed by atoms with Crippen LogP contribution in [0.15, 0.2) is 72.8 Å². The van der Waals surface area contributed by atoms with Gasteiger partial charge in [0, 0.05) is 6.42 Å². The normalized spacial score (nSPS) is 19.3. The average Bonchev–Trinajstić information content (AvgIpc) is 2.85. The molecule has 0 aliphatic carbocycles. The molecule has 1 heterocycles. The minimum atomic E-state index is -2.90. The average molecular weight is 567 g/mol. The molecule has 1 fully saturated rings. The molecule has 2 aromatic rings. The van der Waals surface area contributed by atoms with Gasteiger partial charge in [-0.15, -0.1) is 0 Å². The highest BCUT2D eigenvalue weighted by Crippen LogP contribution is 2.45. The Hall–Kier alpha value is -2.00. The van der Waals surface area contributed by atoms with Crippen LogP contribution in [0.25, 0.3) is 0 Å². The lowest BCUT2D eigenvalue weighted by Gasteiger charge is -2.49. The zero-order valence-electron chi connectivity index (χ0n) is 25.8. The standard InChI is InChI=1S/C33H50O4Si2/c1-23(2)29(36-38(24(3)4,25(5)6)26(7)8)22-30-31(32(34)35-30)37-39(33(9,10)11,27-18-14-12-15-19-27)28-20-16-13-17-21-28/h12-21,24-26,29-31H,1,22H2,2-11H3/t29-,30+,31+/m1/s1. The molecule has 2 aromatic carbocycles. The van der Waals surface area contributed by atoms with Gasteiger partial charge in [0.05, 0.1) is 6.10 Å². The quantitative estimate of drug-likeness (QED) is 0.153. The number of carbonyl (C=O) groups is 1. The monoisotopic (exact) mass is 566 g/mol. The molecule has 39 heavy (non-hydrogen) atoms. The van der Waals surface area contributed by atoms with Crippen LogP contribution in [-0.4, -0.2) is 40.9 Å². The van der Waals surface area contributed by atoms with Crippen LogP contribution in [0.4, 0.5) is 0 Å². The van der Waals surface area contributed by atoms with Gasteiger partial charge >= 0.3 is 5.97 Å². The first-order valence-electron chi connectivity index (χ1n) is 14.5. The third-order valence-corrected chi connectivity index (χ3v) is 19.7. The molecule has 0 amide bonds. The molecule has 0 radical (unpaired) electrons. The molecule has 1 saturated heterocycles. The van der Waals surface area contributed by atoms with E-state index >= 15 is 0 Å². The zero-order chi connectivity index (χ0) is 29.2. The molecule has 0 N–H and O–H groups in total.